The van der Waals surface area contributed by atoms with Crippen molar-refractivity contribution in [2.24, 2.45) is 0 Å². The maximum atomic E-state index is 12.7. The van der Waals surface area contributed by atoms with Crippen molar-refractivity contribution in [3.8, 4) is 0 Å². The number of hydrogen-bond donors (Lipinski definition) is 2. The molecule has 0 saturated carbocycles. The molecule has 2 aromatic rings. The normalized spacial score (nSPS) is 17.6. The standard InChI is InChI=1S/C19H19NO3S/c21-18(17-15-9-5-4-8-14(15)10-11-24-17)20-16(19(22)23)12-13-6-2-1-3-7-13/h1-9,16-17H,10-12H2,(H,20,21)(H,22,23)/t16-,17?/m1/s1. The summed E-state index contributed by atoms with van der Waals surface area (Å²) < 4.78 is 0. The van der Waals surface area contributed by atoms with Crippen LogP contribution in [0.25, 0.3) is 0 Å². The number of hydrogen-bond acceptors (Lipinski definition) is 3. The van der Waals surface area contributed by atoms with Crippen molar-refractivity contribution < 1.29 is 14.7 Å². The molecule has 0 aromatic heterocycles. The van der Waals surface area contributed by atoms with Crippen LogP contribution in [0.5, 0.6) is 0 Å². The van der Waals surface area contributed by atoms with E-state index in [-0.39, 0.29) is 17.6 Å². The summed E-state index contributed by atoms with van der Waals surface area (Å²) in [6, 6.07) is 16.3. The Hall–Kier alpha value is -2.27. The SMILES string of the molecule is O=C(N[C@H](Cc1ccccc1)C(=O)O)C1SCCc2ccccc21. The Morgan fingerprint density at radius 3 is 2.58 bits per heavy atom. The van der Waals surface area contributed by atoms with E-state index in [0.717, 1.165) is 23.3 Å². The van der Waals surface area contributed by atoms with Crippen LogP contribution in [0.3, 0.4) is 0 Å². The number of amides is 1. The first-order valence-electron chi connectivity index (χ1n) is 7.91. The second-order valence-corrected chi connectivity index (χ2v) is 7.00. The Kier molecular flexibility index (Phi) is 5.20. The lowest BCUT2D eigenvalue weighted by molar-refractivity contribution is -0.141. The predicted molar refractivity (Wildman–Crippen MR) is 95.1 cm³/mol. The van der Waals surface area contributed by atoms with E-state index < -0.39 is 12.0 Å². The Morgan fingerprint density at radius 1 is 1.12 bits per heavy atom. The summed E-state index contributed by atoms with van der Waals surface area (Å²) >= 11 is 1.57. The number of carboxylic acid groups (broad SMARTS) is 1. The number of carboxylic acids is 1. The molecule has 0 saturated heterocycles. The van der Waals surface area contributed by atoms with Crippen molar-refractivity contribution in [3.05, 3.63) is 71.3 Å². The summed E-state index contributed by atoms with van der Waals surface area (Å²) in [4.78, 5) is 24.2. The zero-order valence-corrected chi connectivity index (χ0v) is 14.0. The third-order valence-corrected chi connectivity index (χ3v) is 5.37. The summed E-state index contributed by atoms with van der Waals surface area (Å²) in [6.45, 7) is 0. The van der Waals surface area contributed by atoms with Gasteiger partial charge in [0, 0.05) is 6.42 Å². The monoisotopic (exact) mass is 341 g/mol. The third kappa shape index (κ3) is 3.79. The number of thioether (sulfide) groups is 1. The summed E-state index contributed by atoms with van der Waals surface area (Å²) in [5.41, 5.74) is 3.06. The molecule has 0 fully saturated rings. The molecule has 0 spiro atoms. The summed E-state index contributed by atoms with van der Waals surface area (Å²) in [6.07, 6.45) is 1.22. The first kappa shape index (κ1) is 16.6. The van der Waals surface area contributed by atoms with E-state index in [1.807, 2.05) is 54.6 Å². The molecule has 1 amide bonds. The maximum absolute atomic E-state index is 12.7. The van der Waals surface area contributed by atoms with Crippen molar-refractivity contribution in [1.82, 2.24) is 5.32 Å². The summed E-state index contributed by atoms with van der Waals surface area (Å²) in [7, 11) is 0. The molecule has 4 nitrogen and oxygen atoms in total. The lowest BCUT2D eigenvalue weighted by Crippen LogP contribution is -2.44. The van der Waals surface area contributed by atoms with Crippen LogP contribution in [0.1, 0.15) is 21.9 Å². The highest BCUT2D eigenvalue weighted by Crippen LogP contribution is 2.36. The van der Waals surface area contributed by atoms with Crippen LogP contribution in [-0.2, 0) is 22.4 Å². The van der Waals surface area contributed by atoms with Gasteiger partial charge in [0.05, 0.1) is 0 Å². The van der Waals surface area contributed by atoms with Crippen molar-refractivity contribution >= 4 is 23.6 Å². The molecular weight excluding hydrogens is 322 g/mol. The van der Waals surface area contributed by atoms with Gasteiger partial charge in [-0.25, -0.2) is 4.79 Å². The Morgan fingerprint density at radius 2 is 1.83 bits per heavy atom. The number of carbonyl (C=O) groups is 2. The number of rotatable bonds is 5. The highest BCUT2D eigenvalue weighted by Gasteiger charge is 2.30. The number of nitrogens with one attached hydrogen (secondary N) is 1. The van der Waals surface area contributed by atoms with Crippen LogP contribution in [-0.4, -0.2) is 28.8 Å². The van der Waals surface area contributed by atoms with Crippen LogP contribution in [0.15, 0.2) is 54.6 Å². The van der Waals surface area contributed by atoms with Gasteiger partial charge in [0.2, 0.25) is 5.91 Å². The predicted octanol–water partition coefficient (Wildman–Crippen LogP) is 2.83. The van der Waals surface area contributed by atoms with Crippen molar-refractivity contribution in [3.63, 3.8) is 0 Å². The van der Waals surface area contributed by atoms with Crippen LogP contribution in [0.2, 0.25) is 0 Å². The molecule has 2 N–H and O–H groups in total. The molecule has 2 atom stereocenters. The van der Waals surface area contributed by atoms with Gasteiger partial charge in [-0.3, -0.25) is 4.79 Å². The molecule has 1 aliphatic rings. The van der Waals surface area contributed by atoms with E-state index in [1.54, 1.807) is 11.8 Å². The molecule has 0 bridgehead atoms. The maximum Gasteiger partial charge on any atom is 0.326 e. The highest BCUT2D eigenvalue weighted by atomic mass is 32.2. The van der Waals surface area contributed by atoms with Gasteiger partial charge in [-0.1, -0.05) is 54.6 Å². The molecule has 1 heterocycles. The lowest BCUT2D eigenvalue weighted by atomic mass is 10.0. The van der Waals surface area contributed by atoms with Crippen LogP contribution in [0.4, 0.5) is 0 Å². The minimum Gasteiger partial charge on any atom is -0.480 e. The van der Waals surface area contributed by atoms with E-state index in [4.69, 9.17) is 0 Å². The van der Waals surface area contributed by atoms with E-state index in [1.165, 1.54) is 5.56 Å². The minimum atomic E-state index is -1.01. The molecule has 1 aliphatic heterocycles. The van der Waals surface area contributed by atoms with Crippen LogP contribution >= 0.6 is 11.8 Å². The van der Waals surface area contributed by atoms with Gasteiger partial charge in [0.1, 0.15) is 11.3 Å². The van der Waals surface area contributed by atoms with Gasteiger partial charge in [-0.2, -0.15) is 0 Å². The zero-order chi connectivity index (χ0) is 16.9. The first-order chi connectivity index (χ1) is 11.6. The quantitative estimate of drug-likeness (QED) is 0.878. The Balaban J connectivity index is 1.74. The smallest absolute Gasteiger partial charge is 0.326 e. The fourth-order valence-electron chi connectivity index (χ4n) is 2.91. The molecule has 124 valence electrons. The van der Waals surface area contributed by atoms with Gasteiger partial charge in [0.15, 0.2) is 0 Å². The molecule has 2 aromatic carbocycles. The van der Waals surface area contributed by atoms with Crippen LogP contribution < -0.4 is 5.32 Å². The summed E-state index contributed by atoms with van der Waals surface area (Å²) in [5.74, 6) is -0.373. The number of fused-ring (bicyclic) bond motifs is 1. The molecule has 3 rings (SSSR count). The molecule has 1 unspecified atom stereocenters. The van der Waals surface area contributed by atoms with Gasteiger partial charge in [-0.15, -0.1) is 11.8 Å². The Bertz CT molecular complexity index is 732. The second kappa shape index (κ2) is 7.53. The molecule has 0 radical (unpaired) electrons. The number of benzene rings is 2. The number of aryl methyl sites for hydroxylation is 1. The molecular formula is C19H19NO3S. The number of aliphatic carboxylic acids is 1. The summed E-state index contributed by atoms with van der Waals surface area (Å²) in [5, 5.41) is 11.8. The zero-order valence-electron chi connectivity index (χ0n) is 13.1. The highest BCUT2D eigenvalue weighted by molar-refractivity contribution is 8.00. The van der Waals surface area contributed by atoms with Crippen molar-refractivity contribution in [1.29, 1.82) is 0 Å². The van der Waals surface area contributed by atoms with Gasteiger partial charge >= 0.3 is 5.97 Å². The van der Waals surface area contributed by atoms with E-state index in [9.17, 15) is 14.7 Å². The second-order valence-electron chi connectivity index (χ2n) is 5.79. The molecule has 24 heavy (non-hydrogen) atoms. The van der Waals surface area contributed by atoms with Gasteiger partial charge < -0.3 is 10.4 Å². The van der Waals surface area contributed by atoms with Gasteiger partial charge in [0.25, 0.3) is 0 Å². The van der Waals surface area contributed by atoms with E-state index in [2.05, 4.69) is 5.32 Å². The fourth-order valence-corrected chi connectivity index (χ4v) is 4.11. The largest absolute Gasteiger partial charge is 0.480 e. The molecule has 5 heteroatoms. The average Bonchev–Trinajstić information content (AvgIpc) is 2.61. The third-order valence-electron chi connectivity index (χ3n) is 4.13. The Labute approximate surface area is 145 Å². The minimum absolute atomic E-state index is 0.226. The topological polar surface area (TPSA) is 66.4 Å². The molecule has 0 aliphatic carbocycles. The van der Waals surface area contributed by atoms with E-state index in [0.29, 0.717) is 0 Å². The fraction of sp³-hybridized carbons (Fsp3) is 0.263. The average molecular weight is 341 g/mol. The van der Waals surface area contributed by atoms with E-state index >= 15 is 0 Å². The lowest BCUT2D eigenvalue weighted by Gasteiger charge is -2.25. The van der Waals surface area contributed by atoms with Crippen molar-refractivity contribution in [2.75, 3.05) is 5.75 Å². The van der Waals surface area contributed by atoms with Gasteiger partial charge in [-0.05, 0) is 28.9 Å². The first-order valence-corrected chi connectivity index (χ1v) is 8.96. The van der Waals surface area contributed by atoms with Crippen LogP contribution in [0, 0.1) is 0 Å². The van der Waals surface area contributed by atoms with Crippen molar-refractivity contribution in [2.45, 2.75) is 24.1 Å². The number of carbonyl (C=O) groups excluding carboxylic acids is 1.